The van der Waals surface area contributed by atoms with Crippen molar-refractivity contribution in [3.63, 3.8) is 0 Å². The predicted molar refractivity (Wildman–Crippen MR) is 98.8 cm³/mol. The van der Waals surface area contributed by atoms with Gasteiger partial charge in [-0.25, -0.2) is 0 Å². The van der Waals surface area contributed by atoms with E-state index in [1.165, 1.54) is 0 Å². The molecule has 114 valence electrons. The molecular weight excluding hydrogens is 404 g/mol. The van der Waals surface area contributed by atoms with Crippen LogP contribution in [-0.2, 0) is 5.41 Å². The van der Waals surface area contributed by atoms with Gasteiger partial charge in [-0.3, -0.25) is 4.99 Å². The number of hydrogen-bond acceptors (Lipinski definition) is 1. The first-order chi connectivity index (χ1) is 10.4. The second-order valence-electron chi connectivity index (χ2n) is 5.75. The molecule has 0 bridgehead atoms. The van der Waals surface area contributed by atoms with Crippen molar-refractivity contribution < 1.29 is 0 Å². The fraction of sp³-hybridized carbons (Fsp3) is 0.235. The highest BCUT2D eigenvalue weighted by Gasteiger charge is 2.34. The summed E-state index contributed by atoms with van der Waals surface area (Å²) < 4.78 is 0.893. The molecule has 1 heterocycles. The van der Waals surface area contributed by atoms with Crippen LogP contribution < -0.4 is 0 Å². The minimum absolute atomic E-state index is 0.0911. The monoisotopic (exact) mass is 415 g/mol. The Morgan fingerprint density at radius 2 is 1.77 bits per heavy atom. The second-order valence-corrected chi connectivity index (χ2v) is 7.88. The average molecular weight is 418 g/mol. The Kier molecular flexibility index (Phi) is 4.57. The van der Waals surface area contributed by atoms with Crippen LogP contribution in [0.2, 0.25) is 15.1 Å². The minimum Gasteiger partial charge on any atom is -0.288 e. The number of rotatable bonds is 2. The zero-order valence-corrected chi connectivity index (χ0v) is 15.6. The molecule has 2 aromatic carbocycles. The highest BCUT2D eigenvalue weighted by Crippen LogP contribution is 2.42. The van der Waals surface area contributed by atoms with E-state index in [1.54, 1.807) is 6.07 Å². The van der Waals surface area contributed by atoms with Crippen molar-refractivity contribution in [1.29, 1.82) is 0 Å². The van der Waals surface area contributed by atoms with Gasteiger partial charge in [-0.05, 0) is 63.8 Å². The van der Waals surface area contributed by atoms with Crippen molar-refractivity contribution in [2.24, 2.45) is 4.99 Å². The molecule has 1 aliphatic heterocycles. The molecule has 2 unspecified atom stereocenters. The summed E-state index contributed by atoms with van der Waals surface area (Å²) in [5, 5.41) is 1.99. The Morgan fingerprint density at radius 3 is 2.41 bits per heavy atom. The van der Waals surface area contributed by atoms with E-state index < -0.39 is 0 Å². The van der Waals surface area contributed by atoms with Crippen LogP contribution in [0.25, 0.3) is 0 Å². The van der Waals surface area contributed by atoms with E-state index in [2.05, 4.69) is 33.9 Å². The largest absolute Gasteiger partial charge is 0.288 e. The van der Waals surface area contributed by atoms with Crippen molar-refractivity contribution >= 4 is 56.9 Å². The van der Waals surface area contributed by atoms with E-state index in [9.17, 15) is 0 Å². The molecule has 0 amide bonds. The fourth-order valence-corrected chi connectivity index (χ4v) is 3.72. The molecule has 0 saturated heterocycles. The van der Waals surface area contributed by atoms with E-state index in [4.69, 9.17) is 34.8 Å². The summed E-state index contributed by atoms with van der Waals surface area (Å²) in [5.41, 5.74) is 2.01. The van der Waals surface area contributed by atoms with E-state index >= 15 is 0 Å². The molecule has 0 radical (unpaired) electrons. The lowest BCUT2D eigenvalue weighted by atomic mass is 9.79. The third kappa shape index (κ3) is 3.21. The molecule has 5 heteroatoms. The number of nitrogens with zero attached hydrogens (tertiary/aromatic N) is 1. The van der Waals surface area contributed by atoms with Gasteiger partial charge >= 0.3 is 0 Å². The van der Waals surface area contributed by atoms with Crippen LogP contribution in [0.1, 0.15) is 30.5 Å². The van der Waals surface area contributed by atoms with Gasteiger partial charge in [-0.15, -0.1) is 0 Å². The fourth-order valence-electron chi connectivity index (χ4n) is 2.76. The molecule has 0 saturated carbocycles. The van der Waals surface area contributed by atoms with Gasteiger partial charge in [0.1, 0.15) is 0 Å². The maximum Gasteiger partial charge on any atom is 0.0758 e. The van der Waals surface area contributed by atoms with Gasteiger partial charge in [0.05, 0.1) is 11.1 Å². The molecule has 0 aliphatic carbocycles. The summed E-state index contributed by atoms with van der Waals surface area (Å²) in [6, 6.07) is 11.7. The standard InChI is InChI=1S/C17H13BrCl3N/c1-17(11-5-12(19)7-13(20)6-11)8-16(22-9-17)10-2-3-14(18)15(21)4-10/h2-7,9,16H,8H2,1H3. The number of halogens is 4. The van der Waals surface area contributed by atoms with Crippen molar-refractivity contribution in [2.45, 2.75) is 24.8 Å². The van der Waals surface area contributed by atoms with Crippen LogP contribution >= 0.6 is 50.7 Å². The maximum absolute atomic E-state index is 6.19. The molecule has 3 rings (SSSR count). The van der Waals surface area contributed by atoms with Crippen molar-refractivity contribution in [2.75, 3.05) is 0 Å². The smallest absolute Gasteiger partial charge is 0.0758 e. The van der Waals surface area contributed by atoms with Gasteiger partial charge < -0.3 is 0 Å². The highest BCUT2D eigenvalue weighted by molar-refractivity contribution is 9.10. The number of benzene rings is 2. The van der Waals surface area contributed by atoms with Crippen LogP contribution in [0.3, 0.4) is 0 Å². The summed E-state index contributed by atoms with van der Waals surface area (Å²) in [4.78, 5) is 4.68. The van der Waals surface area contributed by atoms with E-state index in [1.807, 2.05) is 30.5 Å². The van der Waals surface area contributed by atoms with Gasteiger partial charge in [0.25, 0.3) is 0 Å². The molecule has 2 atom stereocenters. The van der Waals surface area contributed by atoms with Crippen LogP contribution in [-0.4, -0.2) is 6.21 Å². The SMILES string of the molecule is CC1(c2cc(Cl)cc(Cl)c2)C=NC(c2ccc(Br)c(Cl)c2)C1. The molecule has 0 N–H and O–H groups in total. The molecule has 0 aromatic heterocycles. The second kappa shape index (κ2) is 6.16. The molecule has 1 nitrogen and oxygen atoms in total. The van der Waals surface area contributed by atoms with Crippen LogP contribution in [0, 0.1) is 0 Å². The third-order valence-corrected chi connectivity index (χ3v) is 5.68. The Hall–Kier alpha value is -0.540. The van der Waals surface area contributed by atoms with Gasteiger partial charge in [0, 0.05) is 26.1 Å². The zero-order chi connectivity index (χ0) is 15.9. The summed E-state index contributed by atoms with van der Waals surface area (Å²) in [5.74, 6) is 0. The minimum atomic E-state index is -0.182. The molecular formula is C17H13BrCl3N. The molecule has 0 spiro atoms. The lowest BCUT2D eigenvalue weighted by molar-refractivity contribution is 0.558. The Bertz CT molecular complexity index is 739. The average Bonchev–Trinajstić information content (AvgIpc) is 2.85. The highest BCUT2D eigenvalue weighted by atomic mass is 79.9. The molecule has 2 aromatic rings. The molecule has 1 aliphatic rings. The molecule has 22 heavy (non-hydrogen) atoms. The summed E-state index contributed by atoms with van der Waals surface area (Å²) in [7, 11) is 0. The lowest BCUT2D eigenvalue weighted by Gasteiger charge is -2.23. The lowest BCUT2D eigenvalue weighted by Crippen LogP contribution is -2.21. The van der Waals surface area contributed by atoms with E-state index in [-0.39, 0.29) is 11.5 Å². The van der Waals surface area contributed by atoms with Crippen LogP contribution in [0.4, 0.5) is 0 Å². The Labute approximate surface area is 153 Å². The quantitative estimate of drug-likeness (QED) is 0.505. The van der Waals surface area contributed by atoms with Gasteiger partial charge in [-0.2, -0.15) is 0 Å². The summed E-state index contributed by atoms with van der Waals surface area (Å²) in [6.45, 7) is 2.15. The van der Waals surface area contributed by atoms with Crippen LogP contribution in [0.5, 0.6) is 0 Å². The Morgan fingerprint density at radius 1 is 1.09 bits per heavy atom. The predicted octanol–water partition coefficient (Wildman–Crippen LogP) is 6.88. The first-order valence-corrected chi connectivity index (χ1v) is 8.76. The topological polar surface area (TPSA) is 12.4 Å². The first-order valence-electron chi connectivity index (χ1n) is 6.83. The van der Waals surface area contributed by atoms with Crippen molar-refractivity contribution in [1.82, 2.24) is 0 Å². The van der Waals surface area contributed by atoms with Gasteiger partial charge in [0.15, 0.2) is 0 Å². The Balaban J connectivity index is 1.90. The summed E-state index contributed by atoms with van der Waals surface area (Å²) >= 11 is 21.9. The number of hydrogen-bond donors (Lipinski definition) is 0. The first kappa shape index (κ1) is 16.3. The maximum atomic E-state index is 6.19. The third-order valence-electron chi connectivity index (χ3n) is 4.01. The normalized spacial score (nSPS) is 24.0. The van der Waals surface area contributed by atoms with Crippen molar-refractivity contribution in [3.8, 4) is 0 Å². The van der Waals surface area contributed by atoms with E-state index in [0.717, 1.165) is 22.0 Å². The van der Waals surface area contributed by atoms with Crippen LogP contribution in [0.15, 0.2) is 45.9 Å². The molecule has 0 fully saturated rings. The van der Waals surface area contributed by atoms with Gasteiger partial charge in [0.2, 0.25) is 0 Å². The van der Waals surface area contributed by atoms with Gasteiger partial charge in [-0.1, -0.05) is 47.8 Å². The van der Waals surface area contributed by atoms with Crippen molar-refractivity contribution in [3.05, 3.63) is 67.1 Å². The zero-order valence-electron chi connectivity index (χ0n) is 11.8. The van der Waals surface area contributed by atoms with E-state index in [0.29, 0.717) is 15.1 Å². The number of aliphatic imine (C=N–C) groups is 1. The summed E-state index contributed by atoms with van der Waals surface area (Å²) in [6.07, 6.45) is 2.86.